The van der Waals surface area contributed by atoms with E-state index in [2.05, 4.69) is 67.0 Å². The summed E-state index contributed by atoms with van der Waals surface area (Å²) < 4.78 is 0. The number of hydrogen-bond donors (Lipinski definition) is 1. The van der Waals surface area contributed by atoms with Crippen LogP contribution >= 0.6 is 0 Å². The minimum Gasteiger partial charge on any atom is -0.322 e. The first-order valence-electron chi connectivity index (χ1n) is 11.1. The van der Waals surface area contributed by atoms with Gasteiger partial charge in [0, 0.05) is 11.6 Å². The highest BCUT2D eigenvalue weighted by Gasteiger charge is 2.38. The van der Waals surface area contributed by atoms with Crippen LogP contribution in [0.1, 0.15) is 77.8 Å². The van der Waals surface area contributed by atoms with Crippen molar-refractivity contribution in [2.45, 2.75) is 83.3 Å². The molecule has 0 aromatic heterocycles. The largest absolute Gasteiger partial charge is 0.322 e. The fourth-order valence-corrected chi connectivity index (χ4v) is 4.47. The molecule has 2 saturated heterocycles. The minimum absolute atomic E-state index is 0.0951. The van der Waals surface area contributed by atoms with E-state index in [-0.39, 0.29) is 17.1 Å². The van der Waals surface area contributed by atoms with Gasteiger partial charge in [0.2, 0.25) is 0 Å². The first-order valence-corrected chi connectivity index (χ1v) is 11.1. The van der Waals surface area contributed by atoms with Gasteiger partial charge in [0.25, 0.3) is 0 Å². The smallest absolute Gasteiger partial charge is 0.106 e. The van der Waals surface area contributed by atoms with Crippen molar-refractivity contribution in [3.05, 3.63) is 35.9 Å². The maximum absolute atomic E-state index is 8.95. The fourth-order valence-electron chi connectivity index (χ4n) is 4.47. The van der Waals surface area contributed by atoms with Crippen molar-refractivity contribution in [3.8, 4) is 6.07 Å². The van der Waals surface area contributed by atoms with E-state index in [4.69, 9.17) is 11.0 Å². The van der Waals surface area contributed by atoms with Crippen LogP contribution in [-0.2, 0) is 0 Å². The fraction of sp³-hybridized carbons (Fsp3) is 0.708. The molecule has 0 saturated carbocycles. The molecular weight excluding hydrogens is 344 g/mol. The molecule has 0 radical (unpaired) electrons. The van der Waals surface area contributed by atoms with Gasteiger partial charge in [0.1, 0.15) is 5.54 Å². The van der Waals surface area contributed by atoms with Crippen molar-refractivity contribution >= 4 is 0 Å². The Labute approximate surface area is 172 Å². The van der Waals surface area contributed by atoms with E-state index < -0.39 is 0 Å². The van der Waals surface area contributed by atoms with Crippen molar-refractivity contribution in [2.75, 3.05) is 26.2 Å². The third kappa shape index (κ3) is 5.14. The molecule has 4 heteroatoms. The second kappa shape index (κ2) is 10.4. The summed E-state index contributed by atoms with van der Waals surface area (Å²) in [7, 11) is 0. The zero-order valence-corrected chi connectivity index (χ0v) is 18.5. The lowest BCUT2D eigenvalue weighted by molar-refractivity contribution is 0.100. The van der Waals surface area contributed by atoms with Gasteiger partial charge in [-0.2, -0.15) is 5.26 Å². The monoisotopic (exact) mass is 384 g/mol. The van der Waals surface area contributed by atoms with Gasteiger partial charge in [-0.3, -0.25) is 9.80 Å². The van der Waals surface area contributed by atoms with Crippen molar-refractivity contribution in [2.24, 2.45) is 5.73 Å². The normalized spacial score (nSPS) is 23.1. The van der Waals surface area contributed by atoms with E-state index in [1.807, 2.05) is 6.92 Å². The summed E-state index contributed by atoms with van der Waals surface area (Å²) in [6.45, 7) is 13.3. The summed E-state index contributed by atoms with van der Waals surface area (Å²) in [6.07, 6.45) is 7.19. The number of nitriles is 1. The molecule has 3 atom stereocenters. The first-order chi connectivity index (χ1) is 13.4. The molecule has 2 aliphatic heterocycles. The quantitative estimate of drug-likeness (QED) is 0.770. The molecule has 0 aliphatic carbocycles. The average molecular weight is 385 g/mol. The van der Waals surface area contributed by atoms with Crippen LogP contribution in [0.2, 0.25) is 0 Å². The highest BCUT2D eigenvalue weighted by atomic mass is 15.2. The number of hydrogen-bond acceptors (Lipinski definition) is 4. The molecule has 1 aromatic carbocycles. The van der Waals surface area contributed by atoms with Gasteiger partial charge in [-0.05, 0) is 84.1 Å². The van der Waals surface area contributed by atoms with E-state index in [1.165, 1.54) is 44.3 Å². The van der Waals surface area contributed by atoms with E-state index in [1.54, 1.807) is 0 Å². The lowest BCUT2D eigenvalue weighted by atomic mass is 9.84. The van der Waals surface area contributed by atoms with E-state index in [0.29, 0.717) is 0 Å². The number of nitrogens with zero attached hydrogens (tertiary/aromatic N) is 3. The molecule has 156 valence electrons. The third-order valence-electron chi connectivity index (χ3n) is 7.11. The summed E-state index contributed by atoms with van der Waals surface area (Å²) in [6, 6.07) is 13.0. The summed E-state index contributed by atoms with van der Waals surface area (Å²) in [5.74, 6) is 0. The van der Waals surface area contributed by atoms with Gasteiger partial charge in [0.15, 0.2) is 0 Å². The molecule has 0 amide bonds. The predicted molar refractivity (Wildman–Crippen MR) is 118 cm³/mol. The van der Waals surface area contributed by atoms with Gasteiger partial charge in [-0.25, -0.2) is 0 Å². The van der Waals surface area contributed by atoms with Gasteiger partial charge in [0.05, 0.1) is 6.07 Å². The van der Waals surface area contributed by atoms with E-state index in [9.17, 15) is 0 Å². The number of rotatable bonds is 6. The van der Waals surface area contributed by atoms with Crippen LogP contribution in [-0.4, -0.2) is 47.1 Å². The topological polar surface area (TPSA) is 56.3 Å². The molecule has 2 fully saturated rings. The molecule has 2 aliphatic rings. The molecule has 3 unspecified atom stereocenters. The van der Waals surface area contributed by atoms with Crippen LogP contribution in [0.25, 0.3) is 0 Å². The second-order valence-electron chi connectivity index (χ2n) is 8.73. The van der Waals surface area contributed by atoms with Crippen LogP contribution in [0.5, 0.6) is 0 Å². The molecular formula is C24H40N4. The lowest BCUT2D eigenvalue weighted by Gasteiger charge is -2.43. The van der Waals surface area contributed by atoms with Crippen molar-refractivity contribution < 1.29 is 0 Å². The van der Waals surface area contributed by atoms with E-state index >= 15 is 0 Å². The molecule has 0 bridgehead atoms. The number of nitrogens with two attached hydrogens (primary N) is 1. The van der Waals surface area contributed by atoms with Crippen LogP contribution in [0.4, 0.5) is 0 Å². The van der Waals surface area contributed by atoms with E-state index in [0.717, 1.165) is 25.9 Å². The molecule has 2 N–H and O–H groups in total. The van der Waals surface area contributed by atoms with Crippen molar-refractivity contribution in [1.82, 2.24) is 9.80 Å². The summed E-state index contributed by atoms with van der Waals surface area (Å²) in [5, 5.41) is 8.95. The summed E-state index contributed by atoms with van der Waals surface area (Å²) in [4.78, 5) is 4.87. The molecule has 4 nitrogen and oxygen atoms in total. The Morgan fingerprint density at radius 3 is 1.86 bits per heavy atom. The zero-order valence-electron chi connectivity index (χ0n) is 18.5. The third-order valence-corrected chi connectivity index (χ3v) is 7.11. The highest BCUT2D eigenvalue weighted by Crippen LogP contribution is 2.34. The maximum atomic E-state index is 8.95. The average Bonchev–Trinajstić information content (AvgIpc) is 3.48. The van der Waals surface area contributed by atoms with Crippen molar-refractivity contribution in [3.63, 3.8) is 0 Å². The minimum atomic E-state index is -0.198. The first kappa shape index (κ1) is 22.9. The lowest BCUT2D eigenvalue weighted by Crippen LogP contribution is -2.51. The Kier molecular flexibility index (Phi) is 8.49. The van der Waals surface area contributed by atoms with Crippen LogP contribution in [0.3, 0.4) is 0 Å². The molecule has 28 heavy (non-hydrogen) atoms. The number of likely N-dealkylation sites (tertiary alicyclic amines) is 2. The SMILES string of the molecule is CCC(C)(C#N)N1CCCC1.CCC(C)(C(N)c1ccccc1)N1CCCC1. The van der Waals surface area contributed by atoms with Crippen LogP contribution in [0.15, 0.2) is 30.3 Å². The Balaban J connectivity index is 0.000000221. The Bertz CT molecular complexity index is 613. The van der Waals surface area contributed by atoms with Gasteiger partial charge in [-0.1, -0.05) is 44.2 Å². The molecule has 2 heterocycles. The van der Waals surface area contributed by atoms with Crippen LogP contribution in [0, 0.1) is 11.3 Å². The Morgan fingerprint density at radius 1 is 0.929 bits per heavy atom. The Morgan fingerprint density at radius 2 is 1.43 bits per heavy atom. The zero-order chi connectivity index (χ0) is 20.6. The molecule has 0 spiro atoms. The number of benzene rings is 1. The summed E-state index contributed by atoms with van der Waals surface area (Å²) in [5.41, 5.74) is 7.67. The molecule has 3 rings (SSSR count). The van der Waals surface area contributed by atoms with Gasteiger partial charge < -0.3 is 5.73 Å². The standard InChI is InChI=1S/C15H24N2.C9H16N2/c1-3-15(2,17-11-7-8-12-17)14(16)13-9-5-4-6-10-13;1-3-9(2,8-10)11-6-4-5-7-11/h4-6,9-10,14H,3,7-8,11-12,16H2,1-2H3;3-7H2,1-2H3. The second-order valence-corrected chi connectivity index (χ2v) is 8.73. The van der Waals surface area contributed by atoms with Gasteiger partial charge in [-0.15, -0.1) is 0 Å². The van der Waals surface area contributed by atoms with Crippen LogP contribution < -0.4 is 5.73 Å². The Hall–Kier alpha value is -1.41. The maximum Gasteiger partial charge on any atom is 0.106 e. The van der Waals surface area contributed by atoms with Crippen molar-refractivity contribution in [1.29, 1.82) is 5.26 Å². The summed E-state index contributed by atoms with van der Waals surface area (Å²) >= 11 is 0. The molecule has 1 aromatic rings. The highest BCUT2D eigenvalue weighted by molar-refractivity contribution is 5.22. The van der Waals surface area contributed by atoms with Gasteiger partial charge >= 0.3 is 0 Å². The predicted octanol–water partition coefficient (Wildman–Crippen LogP) is 4.73.